The molecule has 5 nitrogen and oxygen atoms in total. The Kier molecular flexibility index (Phi) is 3.36. The lowest BCUT2D eigenvalue weighted by molar-refractivity contribution is 0.568. The van der Waals surface area contributed by atoms with Crippen molar-refractivity contribution in [1.29, 1.82) is 0 Å². The third-order valence-electron chi connectivity index (χ3n) is 2.77. The molecule has 0 aliphatic carbocycles. The Balaban J connectivity index is 1.68. The monoisotopic (exact) mass is 270 g/mol. The molecular weight excluding hydrogens is 259 g/mol. The molecule has 3 heterocycles. The maximum Gasteiger partial charge on any atom is 0.183 e. The van der Waals surface area contributed by atoms with Gasteiger partial charge < -0.3 is 9.73 Å². The summed E-state index contributed by atoms with van der Waals surface area (Å²) in [6.07, 6.45) is 7.39. The average molecular weight is 270 g/mol. The van der Waals surface area contributed by atoms with Crippen LogP contribution in [0.2, 0.25) is 0 Å². The molecule has 100 valence electrons. The van der Waals surface area contributed by atoms with Crippen molar-refractivity contribution in [3.8, 4) is 11.3 Å². The normalized spacial score (nSPS) is 10.4. The minimum absolute atomic E-state index is 0.180. The van der Waals surface area contributed by atoms with Crippen LogP contribution in [-0.4, -0.2) is 15.0 Å². The van der Waals surface area contributed by atoms with E-state index < -0.39 is 5.82 Å². The standard InChI is InChI=1S/C14H11FN4O/c15-12-7-16-9-19-14(12)18-6-10-1-2-13(17-5-10)11-3-4-20-8-11/h1-5,7-9H,6H2,(H,16,18,19). The largest absolute Gasteiger partial charge is 0.472 e. The van der Waals surface area contributed by atoms with E-state index >= 15 is 0 Å². The molecule has 0 saturated heterocycles. The zero-order chi connectivity index (χ0) is 13.8. The maximum absolute atomic E-state index is 13.3. The Morgan fingerprint density at radius 2 is 2.10 bits per heavy atom. The molecule has 1 N–H and O–H groups in total. The lowest BCUT2D eigenvalue weighted by atomic mass is 10.2. The van der Waals surface area contributed by atoms with Crippen molar-refractivity contribution >= 4 is 5.82 Å². The Labute approximate surface area is 114 Å². The summed E-state index contributed by atoms with van der Waals surface area (Å²) in [7, 11) is 0. The highest BCUT2D eigenvalue weighted by Crippen LogP contribution is 2.17. The van der Waals surface area contributed by atoms with Crippen LogP contribution in [0.25, 0.3) is 11.3 Å². The molecule has 3 rings (SSSR count). The van der Waals surface area contributed by atoms with Crippen molar-refractivity contribution in [2.75, 3.05) is 5.32 Å². The van der Waals surface area contributed by atoms with Crippen LogP contribution in [0.3, 0.4) is 0 Å². The number of hydrogen-bond donors (Lipinski definition) is 1. The zero-order valence-corrected chi connectivity index (χ0v) is 10.5. The van der Waals surface area contributed by atoms with E-state index in [1.165, 1.54) is 6.33 Å². The van der Waals surface area contributed by atoms with E-state index in [0.717, 1.165) is 23.0 Å². The van der Waals surface area contributed by atoms with E-state index in [1.807, 2.05) is 18.2 Å². The molecule has 0 radical (unpaired) electrons. The quantitative estimate of drug-likeness (QED) is 0.789. The summed E-state index contributed by atoms with van der Waals surface area (Å²) in [5.74, 6) is -0.297. The second-order valence-electron chi connectivity index (χ2n) is 4.14. The van der Waals surface area contributed by atoms with E-state index in [1.54, 1.807) is 18.7 Å². The number of nitrogens with zero attached hydrogens (tertiary/aromatic N) is 3. The van der Waals surface area contributed by atoms with Crippen LogP contribution in [-0.2, 0) is 6.54 Å². The van der Waals surface area contributed by atoms with Crippen molar-refractivity contribution in [3.05, 3.63) is 60.8 Å². The van der Waals surface area contributed by atoms with Crippen LogP contribution < -0.4 is 5.32 Å². The molecular formula is C14H11FN4O. The number of pyridine rings is 1. The number of nitrogens with one attached hydrogen (secondary N) is 1. The fourth-order valence-electron chi connectivity index (χ4n) is 1.74. The summed E-state index contributed by atoms with van der Waals surface area (Å²) in [6, 6.07) is 5.65. The van der Waals surface area contributed by atoms with Crippen molar-refractivity contribution in [2.24, 2.45) is 0 Å². The molecule has 3 aromatic heterocycles. The summed E-state index contributed by atoms with van der Waals surface area (Å²) in [5, 5.41) is 2.90. The molecule has 20 heavy (non-hydrogen) atoms. The first-order chi connectivity index (χ1) is 9.83. The summed E-state index contributed by atoms with van der Waals surface area (Å²) in [4.78, 5) is 11.7. The molecule has 0 aromatic carbocycles. The van der Waals surface area contributed by atoms with Gasteiger partial charge in [0.2, 0.25) is 0 Å². The minimum Gasteiger partial charge on any atom is -0.472 e. The van der Waals surface area contributed by atoms with Crippen LogP contribution in [0.1, 0.15) is 5.56 Å². The van der Waals surface area contributed by atoms with Crippen molar-refractivity contribution in [1.82, 2.24) is 15.0 Å². The predicted octanol–water partition coefficient (Wildman–Crippen LogP) is 2.88. The molecule has 0 aliphatic heterocycles. The maximum atomic E-state index is 13.3. The van der Waals surface area contributed by atoms with Gasteiger partial charge in [-0.25, -0.2) is 14.4 Å². The Morgan fingerprint density at radius 3 is 2.80 bits per heavy atom. The van der Waals surface area contributed by atoms with E-state index in [-0.39, 0.29) is 5.82 Å². The lowest BCUT2D eigenvalue weighted by Gasteiger charge is -2.06. The SMILES string of the molecule is Fc1cncnc1NCc1ccc(-c2ccoc2)nc1. The van der Waals surface area contributed by atoms with Gasteiger partial charge in [0, 0.05) is 18.3 Å². The molecule has 0 saturated carbocycles. The summed E-state index contributed by atoms with van der Waals surface area (Å²) in [6.45, 7) is 0.437. The van der Waals surface area contributed by atoms with Crippen LogP contribution in [0.5, 0.6) is 0 Å². The van der Waals surface area contributed by atoms with Crippen molar-refractivity contribution < 1.29 is 8.81 Å². The molecule has 0 spiro atoms. The van der Waals surface area contributed by atoms with Gasteiger partial charge in [0.05, 0.1) is 24.4 Å². The van der Waals surface area contributed by atoms with Crippen molar-refractivity contribution in [3.63, 3.8) is 0 Å². The zero-order valence-electron chi connectivity index (χ0n) is 10.5. The highest BCUT2D eigenvalue weighted by atomic mass is 19.1. The summed E-state index contributed by atoms with van der Waals surface area (Å²) < 4.78 is 18.3. The van der Waals surface area contributed by atoms with Crippen LogP contribution in [0, 0.1) is 5.82 Å². The minimum atomic E-state index is -0.476. The predicted molar refractivity (Wildman–Crippen MR) is 71.3 cm³/mol. The fraction of sp³-hybridized carbons (Fsp3) is 0.0714. The Bertz CT molecular complexity index is 683. The molecule has 3 aromatic rings. The highest BCUT2D eigenvalue weighted by Gasteiger charge is 2.04. The molecule has 0 fully saturated rings. The third kappa shape index (κ3) is 2.64. The summed E-state index contributed by atoms with van der Waals surface area (Å²) >= 11 is 0. The molecule has 0 unspecified atom stereocenters. The number of rotatable bonds is 4. The molecule has 0 atom stereocenters. The third-order valence-corrected chi connectivity index (χ3v) is 2.77. The molecule has 0 bridgehead atoms. The number of anilines is 1. The molecule has 0 aliphatic rings. The lowest BCUT2D eigenvalue weighted by Crippen LogP contribution is -2.04. The molecule has 6 heteroatoms. The first-order valence-corrected chi connectivity index (χ1v) is 6.00. The molecule has 0 amide bonds. The van der Waals surface area contributed by atoms with E-state index in [0.29, 0.717) is 6.54 Å². The Morgan fingerprint density at radius 1 is 1.15 bits per heavy atom. The van der Waals surface area contributed by atoms with Crippen LogP contribution in [0.15, 0.2) is 53.9 Å². The smallest absolute Gasteiger partial charge is 0.183 e. The number of furan rings is 1. The first kappa shape index (κ1) is 12.3. The number of aromatic nitrogens is 3. The van der Waals surface area contributed by atoms with Gasteiger partial charge in [0.1, 0.15) is 6.33 Å². The average Bonchev–Trinajstić information content (AvgIpc) is 3.01. The van der Waals surface area contributed by atoms with Gasteiger partial charge in [-0.2, -0.15) is 0 Å². The van der Waals surface area contributed by atoms with Gasteiger partial charge in [-0.15, -0.1) is 0 Å². The van der Waals surface area contributed by atoms with Gasteiger partial charge in [-0.1, -0.05) is 6.07 Å². The van der Waals surface area contributed by atoms with Crippen LogP contribution in [0.4, 0.5) is 10.2 Å². The van der Waals surface area contributed by atoms with E-state index in [9.17, 15) is 4.39 Å². The Hall–Kier alpha value is -2.76. The summed E-state index contributed by atoms with van der Waals surface area (Å²) in [5.41, 5.74) is 2.68. The van der Waals surface area contributed by atoms with Gasteiger partial charge >= 0.3 is 0 Å². The van der Waals surface area contributed by atoms with Gasteiger partial charge in [0.15, 0.2) is 11.6 Å². The number of hydrogen-bond acceptors (Lipinski definition) is 5. The highest BCUT2D eigenvalue weighted by molar-refractivity contribution is 5.57. The van der Waals surface area contributed by atoms with Gasteiger partial charge in [0.25, 0.3) is 0 Å². The second kappa shape index (κ2) is 5.48. The fourth-order valence-corrected chi connectivity index (χ4v) is 1.74. The second-order valence-corrected chi connectivity index (χ2v) is 4.14. The van der Waals surface area contributed by atoms with E-state index in [4.69, 9.17) is 4.42 Å². The van der Waals surface area contributed by atoms with E-state index in [2.05, 4.69) is 20.3 Å². The van der Waals surface area contributed by atoms with Crippen molar-refractivity contribution in [2.45, 2.75) is 6.54 Å². The first-order valence-electron chi connectivity index (χ1n) is 6.00. The van der Waals surface area contributed by atoms with Crippen LogP contribution >= 0.6 is 0 Å². The topological polar surface area (TPSA) is 63.8 Å². The van der Waals surface area contributed by atoms with Gasteiger partial charge in [-0.05, 0) is 17.7 Å². The van der Waals surface area contributed by atoms with Gasteiger partial charge in [-0.3, -0.25) is 4.98 Å². The number of halogens is 1.